The topological polar surface area (TPSA) is 65.9 Å². The molecule has 0 aliphatic carbocycles. The Kier molecular flexibility index (Phi) is 3.66. The molecule has 0 spiro atoms. The SMILES string of the molecule is CC(Cc1ccco1)NCC1Cc2nc[nH]c2CN1. The van der Waals surface area contributed by atoms with E-state index in [1.807, 2.05) is 12.1 Å². The molecule has 0 fully saturated rings. The molecule has 0 bridgehead atoms. The third-order valence-electron chi connectivity index (χ3n) is 3.61. The summed E-state index contributed by atoms with van der Waals surface area (Å²) >= 11 is 0. The summed E-state index contributed by atoms with van der Waals surface area (Å²) in [6.07, 6.45) is 5.41. The highest BCUT2D eigenvalue weighted by molar-refractivity contribution is 5.16. The molecule has 2 atom stereocenters. The van der Waals surface area contributed by atoms with Crippen LogP contribution in [0, 0.1) is 0 Å². The van der Waals surface area contributed by atoms with Crippen LogP contribution in [0.5, 0.6) is 0 Å². The zero-order chi connectivity index (χ0) is 13.1. The van der Waals surface area contributed by atoms with E-state index >= 15 is 0 Å². The van der Waals surface area contributed by atoms with E-state index in [9.17, 15) is 0 Å². The number of hydrogen-bond donors (Lipinski definition) is 3. The quantitative estimate of drug-likeness (QED) is 0.756. The highest BCUT2D eigenvalue weighted by Gasteiger charge is 2.20. The molecule has 19 heavy (non-hydrogen) atoms. The summed E-state index contributed by atoms with van der Waals surface area (Å²) in [7, 11) is 0. The van der Waals surface area contributed by atoms with E-state index in [1.165, 1.54) is 11.4 Å². The summed E-state index contributed by atoms with van der Waals surface area (Å²) in [5.74, 6) is 1.03. The van der Waals surface area contributed by atoms with Crippen LogP contribution in [0.25, 0.3) is 0 Å². The van der Waals surface area contributed by atoms with Gasteiger partial charge in [-0.3, -0.25) is 0 Å². The molecule has 0 amide bonds. The van der Waals surface area contributed by atoms with Gasteiger partial charge >= 0.3 is 0 Å². The largest absolute Gasteiger partial charge is 0.469 e. The Balaban J connectivity index is 1.45. The third-order valence-corrected chi connectivity index (χ3v) is 3.61. The number of aromatic amines is 1. The van der Waals surface area contributed by atoms with Crippen molar-refractivity contribution >= 4 is 0 Å². The van der Waals surface area contributed by atoms with Gasteiger partial charge in [0, 0.05) is 38.0 Å². The molecule has 3 rings (SSSR count). The Morgan fingerprint density at radius 2 is 2.53 bits per heavy atom. The Morgan fingerprint density at radius 3 is 3.37 bits per heavy atom. The van der Waals surface area contributed by atoms with Gasteiger partial charge in [0.2, 0.25) is 0 Å². The van der Waals surface area contributed by atoms with Crippen LogP contribution in [0.3, 0.4) is 0 Å². The number of furan rings is 1. The lowest BCUT2D eigenvalue weighted by Crippen LogP contribution is -2.45. The molecule has 5 nitrogen and oxygen atoms in total. The predicted octanol–water partition coefficient (Wildman–Crippen LogP) is 1.24. The van der Waals surface area contributed by atoms with E-state index in [4.69, 9.17) is 4.42 Å². The van der Waals surface area contributed by atoms with Gasteiger partial charge in [0.05, 0.1) is 24.0 Å². The maximum atomic E-state index is 5.36. The van der Waals surface area contributed by atoms with Gasteiger partial charge in [-0.25, -0.2) is 4.98 Å². The van der Waals surface area contributed by atoms with E-state index in [2.05, 4.69) is 27.5 Å². The fourth-order valence-electron chi connectivity index (χ4n) is 2.52. The van der Waals surface area contributed by atoms with Crippen molar-refractivity contribution in [2.75, 3.05) is 6.54 Å². The number of nitrogens with one attached hydrogen (secondary N) is 3. The van der Waals surface area contributed by atoms with Crippen molar-refractivity contribution in [1.82, 2.24) is 20.6 Å². The highest BCUT2D eigenvalue weighted by atomic mass is 16.3. The molecule has 3 N–H and O–H groups in total. The minimum Gasteiger partial charge on any atom is -0.469 e. The molecule has 5 heteroatoms. The second-order valence-corrected chi connectivity index (χ2v) is 5.20. The molecular formula is C14H20N4O. The van der Waals surface area contributed by atoms with Crippen molar-refractivity contribution in [3.8, 4) is 0 Å². The van der Waals surface area contributed by atoms with Crippen LogP contribution >= 0.6 is 0 Å². The molecule has 0 aromatic carbocycles. The van der Waals surface area contributed by atoms with E-state index in [0.717, 1.165) is 31.7 Å². The third kappa shape index (κ3) is 3.05. The lowest BCUT2D eigenvalue weighted by Gasteiger charge is -2.25. The second kappa shape index (κ2) is 5.59. The maximum Gasteiger partial charge on any atom is 0.105 e. The molecule has 0 saturated carbocycles. The number of nitrogens with zero attached hydrogens (tertiary/aromatic N) is 1. The van der Waals surface area contributed by atoms with Crippen LogP contribution in [0.1, 0.15) is 24.1 Å². The fraction of sp³-hybridized carbons (Fsp3) is 0.500. The van der Waals surface area contributed by atoms with E-state index in [0.29, 0.717) is 12.1 Å². The molecule has 102 valence electrons. The number of hydrogen-bond acceptors (Lipinski definition) is 4. The zero-order valence-corrected chi connectivity index (χ0v) is 11.1. The van der Waals surface area contributed by atoms with Gasteiger partial charge < -0.3 is 20.0 Å². The Bertz CT molecular complexity index is 505. The van der Waals surface area contributed by atoms with Crippen molar-refractivity contribution in [3.05, 3.63) is 41.9 Å². The Morgan fingerprint density at radius 1 is 1.58 bits per heavy atom. The molecule has 0 radical (unpaired) electrons. The van der Waals surface area contributed by atoms with Crippen molar-refractivity contribution < 1.29 is 4.42 Å². The summed E-state index contributed by atoms with van der Waals surface area (Å²) in [6, 6.07) is 4.82. The predicted molar refractivity (Wildman–Crippen MR) is 72.8 cm³/mol. The van der Waals surface area contributed by atoms with Gasteiger partial charge in [0.25, 0.3) is 0 Å². The van der Waals surface area contributed by atoms with Crippen molar-refractivity contribution in [3.63, 3.8) is 0 Å². The van der Waals surface area contributed by atoms with Gasteiger partial charge in [-0.05, 0) is 19.1 Å². The average Bonchev–Trinajstić information content (AvgIpc) is 3.06. The standard InChI is InChI=1S/C14H20N4O/c1-10(5-12-3-2-4-19-12)15-7-11-6-13-14(8-16-11)18-9-17-13/h2-4,9-11,15-16H,5-8H2,1H3,(H,17,18). The molecular weight excluding hydrogens is 240 g/mol. The lowest BCUT2D eigenvalue weighted by atomic mass is 10.0. The number of H-pyrrole nitrogens is 1. The van der Waals surface area contributed by atoms with Crippen LogP contribution in [-0.2, 0) is 19.4 Å². The van der Waals surface area contributed by atoms with Gasteiger partial charge in [-0.15, -0.1) is 0 Å². The zero-order valence-electron chi connectivity index (χ0n) is 11.1. The van der Waals surface area contributed by atoms with Crippen LogP contribution in [0.4, 0.5) is 0 Å². The number of rotatable bonds is 5. The first-order valence-electron chi connectivity index (χ1n) is 6.81. The van der Waals surface area contributed by atoms with Crippen LogP contribution < -0.4 is 10.6 Å². The molecule has 3 heterocycles. The van der Waals surface area contributed by atoms with Gasteiger partial charge in [-0.2, -0.15) is 0 Å². The molecule has 2 unspecified atom stereocenters. The molecule has 0 saturated heterocycles. The maximum absolute atomic E-state index is 5.36. The number of aromatic nitrogens is 2. The first-order valence-corrected chi connectivity index (χ1v) is 6.81. The Labute approximate surface area is 112 Å². The molecule has 2 aromatic rings. The van der Waals surface area contributed by atoms with Crippen LogP contribution in [-0.4, -0.2) is 28.6 Å². The molecule has 1 aliphatic rings. The summed E-state index contributed by atoms with van der Waals surface area (Å²) in [6.45, 7) is 4.02. The minimum absolute atomic E-state index is 0.411. The Hall–Kier alpha value is -1.59. The van der Waals surface area contributed by atoms with E-state index in [1.54, 1.807) is 12.6 Å². The van der Waals surface area contributed by atoms with E-state index in [-0.39, 0.29) is 0 Å². The smallest absolute Gasteiger partial charge is 0.105 e. The highest BCUT2D eigenvalue weighted by Crippen LogP contribution is 2.12. The number of imidazole rings is 1. The lowest BCUT2D eigenvalue weighted by molar-refractivity contribution is 0.401. The summed E-state index contributed by atoms with van der Waals surface area (Å²) in [5.41, 5.74) is 2.42. The first kappa shape index (κ1) is 12.4. The summed E-state index contributed by atoms with van der Waals surface area (Å²) in [4.78, 5) is 7.52. The minimum atomic E-state index is 0.411. The van der Waals surface area contributed by atoms with Gasteiger partial charge in [0.15, 0.2) is 0 Å². The second-order valence-electron chi connectivity index (χ2n) is 5.20. The summed E-state index contributed by atoms with van der Waals surface area (Å²) in [5, 5.41) is 7.07. The van der Waals surface area contributed by atoms with Crippen LogP contribution in [0.15, 0.2) is 29.1 Å². The molecule has 2 aromatic heterocycles. The van der Waals surface area contributed by atoms with Crippen LogP contribution in [0.2, 0.25) is 0 Å². The summed E-state index contributed by atoms with van der Waals surface area (Å²) < 4.78 is 5.36. The van der Waals surface area contributed by atoms with E-state index < -0.39 is 0 Å². The van der Waals surface area contributed by atoms with Crippen molar-refractivity contribution in [2.24, 2.45) is 0 Å². The van der Waals surface area contributed by atoms with Crippen molar-refractivity contribution in [2.45, 2.75) is 38.4 Å². The van der Waals surface area contributed by atoms with Gasteiger partial charge in [0.1, 0.15) is 5.76 Å². The normalized spacial score (nSPS) is 20.2. The fourth-order valence-corrected chi connectivity index (χ4v) is 2.52. The molecule has 1 aliphatic heterocycles. The van der Waals surface area contributed by atoms with Crippen molar-refractivity contribution in [1.29, 1.82) is 0 Å². The average molecular weight is 260 g/mol. The first-order chi connectivity index (χ1) is 9.31. The number of fused-ring (bicyclic) bond motifs is 1. The monoisotopic (exact) mass is 260 g/mol. The van der Waals surface area contributed by atoms with Gasteiger partial charge in [-0.1, -0.05) is 0 Å².